The number of aryl methyl sites for hydroxylation is 1. The molecule has 2 aliphatic rings. The predicted molar refractivity (Wildman–Crippen MR) is 145 cm³/mol. The molecule has 2 amide bonds. The van der Waals surface area contributed by atoms with Gasteiger partial charge in [0.25, 0.3) is 5.91 Å². The van der Waals surface area contributed by atoms with Crippen LogP contribution in [0.4, 0.5) is 4.79 Å². The maximum absolute atomic E-state index is 12.9. The molecule has 2 N–H and O–H groups in total. The van der Waals surface area contributed by atoms with E-state index in [-0.39, 0.29) is 12.1 Å². The van der Waals surface area contributed by atoms with Gasteiger partial charge in [-0.1, -0.05) is 89.7 Å². The van der Waals surface area contributed by atoms with Crippen LogP contribution in [0.1, 0.15) is 106 Å². The quantitative estimate of drug-likeness (QED) is 0.271. The van der Waals surface area contributed by atoms with Gasteiger partial charge in [-0.25, -0.2) is 4.79 Å². The van der Waals surface area contributed by atoms with E-state index in [1.54, 1.807) is 0 Å². The topological polar surface area (TPSA) is 73.9 Å². The van der Waals surface area contributed by atoms with Gasteiger partial charge in [0.05, 0.1) is 0 Å². The fourth-order valence-corrected chi connectivity index (χ4v) is 5.12. The summed E-state index contributed by atoms with van der Waals surface area (Å²) in [6, 6.07) is 7.87. The minimum atomic E-state index is -0.435. The van der Waals surface area contributed by atoms with E-state index in [1.807, 2.05) is 29.2 Å². The van der Waals surface area contributed by atoms with E-state index in [4.69, 9.17) is 0 Å². The van der Waals surface area contributed by atoms with Crippen LogP contribution in [0.2, 0.25) is 0 Å². The summed E-state index contributed by atoms with van der Waals surface area (Å²) in [6.07, 6.45) is 17.6. The smallest absolute Gasteiger partial charge is 0.352 e. The highest BCUT2D eigenvalue weighted by Crippen LogP contribution is 2.15. The number of carbonyl (C=O) groups excluding carboxylic acids is 2. The van der Waals surface area contributed by atoms with Crippen LogP contribution in [0.3, 0.4) is 0 Å². The number of carbonyl (C=O) groups is 2. The average molecular weight is 501 g/mol. The Balaban J connectivity index is 1.20. The van der Waals surface area contributed by atoms with Gasteiger partial charge in [-0.2, -0.15) is 0 Å². The monoisotopic (exact) mass is 500 g/mol. The molecule has 202 valence electrons. The number of unbranched alkanes of at least 4 members (excludes halogenated alkanes) is 11. The minimum Gasteiger partial charge on any atom is -0.352 e. The number of hydroxylamine groups is 1. The third kappa shape index (κ3) is 10.5. The van der Waals surface area contributed by atoms with E-state index in [0.717, 1.165) is 56.7 Å². The number of nitrogens with one attached hydrogen (secondary N) is 2. The molecule has 2 fully saturated rings. The molecule has 7 nitrogen and oxygen atoms in total. The highest BCUT2D eigenvalue weighted by Gasteiger charge is 2.23. The van der Waals surface area contributed by atoms with Crippen LogP contribution in [0.5, 0.6) is 0 Å². The Kier molecular flexibility index (Phi) is 13.1. The minimum absolute atomic E-state index is 0.129. The molecule has 1 aromatic rings. The summed E-state index contributed by atoms with van der Waals surface area (Å²) in [5, 5.41) is 2.70. The number of piperazine rings is 1. The maximum Gasteiger partial charge on any atom is 0.427 e. The summed E-state index contributed by atoms with van der Waals surface area (Å²) in [6.45, 7) is 7.02. The molecule has 0 aliphatic carbocycles. The van der Waals surface area contributed by atoms with Crippen molar-refractivity contribution >= 4 is 12.0 Å². The van der Waals surface area contributed by atoms with Crippen molar-refractivity contribution in [2.75, 3.05) is 32.7 Å². The van der Waals surface area contributed by atoms with Crippen molar-refractivity contribution in [2.45, 2.75) is 103 Å². The van der Waals surface area contributed by atoms with E-state index in [0.29, 0.717) is 0 Å². The molecule has 2 saturated heterocycles. The summed E-state index contributed by atoms with van der Waals surface area (Å²) in [7, 11) is 0. The lowest BCUT2D eigenvalue weighted by molar-refractivity contribution is 0.0635. The summed E-state index contributed by atoms with van der Waals surface area (Å²) < 4.78 is 0. The Morgan fingerprint density at radius 1 is 0.861 bits per heavy atom. The number of nitrogens with zero attached hydrogens (tertiary/aromatic N) is 2. The first-order valence-electron chi connectivity index (χ1n) is 14.5. The fourth-order valence-electron chi connectivity index (χ4n) is 5.12. The van der Waals surface area contributed by atoms with Gasteiger partial charge in [-0.05, 0) is 43.5 Å². The summed E-state index contributed by atoms with van der Waals surface area (Å²) in [5.41, 5.74) is 4.56. The van der Waals surface area contributed by atoms with E-state index in [1.165, 1.54) is 77.0 Å². The molecule has 0 aromatic heterocycles. The third-order valence-electron chi connectivity index (χ3n) is 7.50. The molecule has 2 heterocycles. The van der Waals surface area contributed by atoms with Crippen molar-refractivity contribution in [1.29, 1.82) is 0 Å². The van der Waals surface area contributed by atoms with Gasteiger partial charge in [0, 0.05) is 31.7 Å². The van der Waals surface area contributed by atoms with Gasteiger partial charge in [-0.3, -0.25) is 9.69 Å². The molecule has 0 bridgehead atoms. The van der Waals surface area contributed by atoms with Crippen LogP contribution in [-0.2, 0) is 11.3 Å². The lowest BCUT2D eigenvalue weighted by Crippen LogP contribution is -2.48. The lowest BCUT2D eigenvalue weighted by Gasteiger charge is -2.34. The number of rotatable bonds is 17. The molecule has 3 rings (SSSR count). The zero-order chi connectivity index (χ0) is 25.4. The van der Waals surface area contributed by atoms with Crippen LogP contribution in [0.15, 0.2) is 24.3 Å². The molecule has 2 aliphatic heterocycles. The molecule has 7 heteroatoms. The van der Waals surface area contributed by atoms with Crippen LogP contribution in [-0.4, -0.2) is 60.7 Å². The molecule has 0 saturated carbocycles. The lowest BCUT2D eigenvalue weighted by atomic mass is 10.0. The van der Waals surface area contributed by atoms with Gasteiger partial charge < -0.3 is 15.1 Å². The van der Waals surface area contributed by atoms with E-state index in [2.05, 4.69) is 27.5 Å². The Bertz CT molecular complexity index is 762. The first kappa shape index (κ1) is 28.5. The largest absolute Gasteiger partial charge is 0.427 e. The fraction of sp³-hybridized carbons (Fsp3) is 0.724. The molecular weight excluding hydrogens is 452 g/mol. The molecule has 0 spiro atoms. The highest BCUT2D eigenvalue weighted by molar-refractivity contribution is 5.94. The summed E-state index contributed by atoms with van der Waals surface area (Å²) in [4.78, 5) is 33.2. The molecule has 36 heavy (non-hydrogen) atoms. The molecule has 0 radical (unpaired) electrons. The van der Waals surface area contributed by atoms with Crippen LogP contribution < -0.4 is 10.8 Å². The highest BCUT2D eigenvalue weighted by atomic mass is 16.7. The van der Waals surface area contributed by atoms with Gasteiger partial charge in [-0.15, -0.1) is 5.48 Å². The number of benzene rings is 1. The van der Waals surface area contributed by atoms with Crippen molar-refractivity contribution in [1.82, 2.24) is 20.6 Å². The zero-order valence-electron chi connectivity index (χ0n) is 22.4. The number of hydrogen-bond acceptors (Lipinski definition) is 5. The molecule has 1 unspecified atom stereocenters. The summed E-state index contributed by atoms with van der Waals surface area (Å²) >= 11 is 0. The zero-order valence-corrected chi connectivity index (χ0v) is 22.4. The van der Waals surface area contributed by atoms with Gasteiger partial charge in [0.1, 0.15) is 6.17 Å². The molecule has 1 atom stereocenters. The molecule has 1 aromatic carbocycles. The number of amides is 2. The van der Waals surface area contributed by atoms with Crippen molar-refractivity contribution in [2.24, 2.45) is 0 Å². The van der Waals surface area contributed by atoms with Crippen LogP contribution >= 0.6 is 0 Å². The summed E-state index contributed by atoms with van der Waals surface area (Å²) in [5.74, 6) is 0.129. The second-order valence-electron chi connectivity index (χ2n) is 10.5. The van der Waals surface area contributed by atoms with Crippen molar-refractivity contribution < 1.29 is 14.4 Å². The van der Waals surface area contributed by atoms with E-state index < -0.39 is 6.09 Å². The predicted octanol–water partition coefficient (Wildman–Crippen LogP) is 5.65. The third-order valence-corrected chi connectivity index (χ3v) is 7.50. The Morgan fingerprint density at radius 3 is 2.00 bits per heavy atom. The van der Waals surface area contributed by atoms with Crippen molar-refractivity contribution in [3.8, 4) is 0 Å². The number of hydrogen-bond donors (Lipinski definition) is 2. The van der Waals surface area contributed by atoms with Crippen molar-refractivity contribution in [3.63, 3.8) is 0 Å². The van der Waals surface area contributed by atoms with Crippen LogP contribution in [0.25, 0.3) is 0 Å². The average Bonchev–Trinajstić information content (AvgIpc) is 3.33. The Hall–Kier alpha value is -2.12. The Labute approximate surface area is 218 Å². The molecular formula is C29H48N4O3. The standard InChI is InChI=1S/C29H48N4O3/c1-2-3-4-5-6-7-8-9-10-11-12-13-20-32-21-23-33(24-22-32)28(34)26-17-14-25(15-18-26)16-19-27-30-29(35)36-31-27/h14-15,17-18,27,31H,2-13,16,19-24H2,1H3,(H,30,35). The normalized spacial score (nSPS) is 18.3. The second-order valence-corrected chi connectivity index (χ2v) is 10.5. The maximum atomic E-state index is 12.9. The first-order chi connectivity index (χ1) is 17.7. The SMILES string of the molecule is CCCCCCCCCCCCCCN1CCN(C(=O)c2ccc(CCC3NOC(=O)N3)cc2)CC1. The van der Waals surface area contributed by atoms with Crippen LogP contribution in [0, 0.1) is 0 Å². The van der Waals surface area contributed by atoms with Gasteiger partial charge in [0.2, 0.25) is 0 Å². The second kappa shape index (κ2) is 16.6. The van der Waals surface area contributed by atoms with Gasteiger partial charge >= 0.3 is 6.09 Å². The van der Waals surface area contributed by atoms with Crippen molar-refractivity contribution in [3.05, 3.63) is 35.4 Å². The Morgan fingerprint density at radius 2 is 1.44 bits per heavy atom. The van der Waals surface area contributed by atoms with E-state index in [9.17, 15) is 9.59 Å². The first-order valence-corrected chi connectivity index (χ1v) is 14.5. The van der Waals surface area contributed by atoms with Gasteiger partial charge in [0.15, 0.2) is 0 Å². The van der Waals surface area contributed by atoms with E-state index >= 15 is 0 Å².